The van der Waals surface area contributed by atoms with E-state index in [0.717, 1.165) is 25.2 Å². The van der Waals surface area contributed by atoms with E-state index in [0.29, 0.717) is 5.56 Å². The predicted molar refractivity (Wildman–Crippen MR) is 101 cm³/mol. The monoisotopic (exact) mass is 376 g/mol. The largest absolute Gasteiger partial charge is 0.299 e. The predicted octanol–water partition coefficient (Wildman–Crippen LogP) is 3.60. The smallest absolute Gasteiger partial charge is 0.240 e. The van der Waals surface area contributed by atoms with E-state index in [-0.39, 0.29) is 11.4 Å². The lowest BCUT2D eigenvalue weighted by molar-refractivity contribution is 0.221. The quantitative estimate of drug-likeness (QED) is 0.838. The molecule has 0 spiro atoms. The Morgan fingerprint density at radius 2 is 1.65 bits per heavy atom. The highest BCUT2D eigenvalue weighted by Crippen LogP contribution is 2.16. The SMILES string of the molecule is Cc1cc(S(=O)(=O)NCc2ccc(CN3CCCCC3)cc2)ccc1F. The standard InChI is InChI=1S/C20H25FN2O2S/c1-16-13-19(9-10-20(16)21)26(24,25)22-14-17-5-7-18(8-6-17)15-23-11-3-2-4-12-23/h5-10,13,22H,2-4,11-12,14-15H2,1H3. The first-order valence-corrected chi connectivity index (χ1v) is 10.5. The van der Waals surface area contributed by atoms with E-state index in [1.807, 2.05) is 12.1 Å². The Hall–Kier alpha value is -1.76. The Kier molecular flexibility index (Phi) is 6.06. The van der Waals surface area contributed by atoms with Gasteiger partial charge in [-0.15, -0.1) is 0 Å². The van der Waals surface area contributed by atoms with Crippen molar-refractivity contribution < 1.29 is 12.8 Å². The zero-order valence-corrected chi connectivity index (χ0v) is 15.9. The molecule has 1 fully saturated rings. The summed E-state index contributed by atoms with van der Waals surface area (Å²) in [5.74, 6) is -0.409. The first-order chi connectivity index (χ1) is 12.4. The van der Waals surface area contributed by atoms with Crippen molar-refractivity contribution in [2.75, 3.05) is 13.1 Å². The number of rotatable bonds is 6. The molecule has 2 aromatic rings. The summed E-state index contributed by atoms with van der Waals surface area (Å²) in [4.78, 5) is 2.54. The number of sulfonamides is 1. The van der Waals surface area contributed by atoms with Crippen LogP contribution in [0.15, 0.2) is 47.4 Å². The minimum absolute atomic E-state index is 0.0816. The summed E-state index contributed by atoms with van der Waals surface area (Å²) in [7, 11) is -3.66. The van der Waals surface area contributed by atoms with Gasteiger partial charge in [-0.05, 0) is 67.7 Å². The summed E-state index contributed by atoms with van der Waals surface area (Å²) in [6.07, 6.45) is 3.86. The van der Waals surface area contributed by atoms with Gasteiger partial charge in [-0.3, -0.25) is 4.90 Å². The first kappa shape index (κ1) is 19.0. The molecule has 6 heteroatoms. The molecule has 0 atom stereocenters. The third kappa shape index (κ3) is 4.90. The van der Waals surface area contributed by atoms with Crippen molar-refractivity contribution in [2.45, 2.75) is 44.2 Å². The maximum absolute atomic E-state index is 13.3. The van der Waals surface area contributed by atoms with E-state index >= 15 is 0 Å². The molecule has 0 aliphatic carbocycles. The average Bonchev–Trinajstić information content (AvgIpc) is 2.64. The van der Waals surface area contributed by atoms with Gasteiger partial charge in [0, 0.05) is 13.1 Å². The van der Waals surface area contributed by atoms with Crippen molar-refractivity contribution in [3.05, 3.63) is 65.0 Å². The normalized spacial score (nSPS) is 15.9. The van der Waals surface area contributed by atoms with Gasteiger partial charge in [0.2, 0.25) is 10.0 Å². The molecular formula is C20H25FN2O2S. The summed E-state index contributed by atoms with van der Waals surface area (Å²) in [6.45, 7) is 5.01. The van der Waals surface area contributed by atoms with E-state index < -0.39 is 15.8 Å². The van der Waals surface area contributed by atoms with E-state index in [4.69, 9.17) is 0 Å². The lowest BCUT2D eigenvalue weighted by atomic mass is 10.1. The molecule has 1 heterocycles. The molecule has 1 saturated heterocycles. The van der Waals surface area contributed by atoms with Crippen LogP contribution in [0.25, 0.3) is 0 Å². The summed E-state index contributed by atoms with van der Waals surface area (Å²) < 4.78 is 40.6. The second-order valence-electron chi connectivity index (χ2n) is 6.89. The van der Waals surface area contributed by atoms with Crippen molar-refractivity contribution in [3.8, 4) is 0 Å². The molecule has 4 nitrogen and oxygen atoms in total. The molecule has 0 amide bonds. The molecule has 0 aromatic heterocycles. The van der Waals surface area contributed by atoms with Gasteiger partial charge in [-0.1, -0.05) is 30.7 Å². The number of aryl methyl sites for hydroxylation is 1. The Bertz CT molecular complexity index is 845. The number of benzene rings is 2. The van der Waals surface area contributed by atoms with E-state index in [9.17, 15) is 12.8 Å². The van der Waals surface area contributed by atoms with Gasteiger partial charge in [0.25, 0.3) is 0 Å². The molecule has 1 aliphatic heterocycles. The minimum atomic E-state index is -3.66. The van der Waals surface area contributed by atoms with Crippen molar-refractivity contribution in [1.29, 1.82) is 0 Å². The minimum Gasteiger partial charge on any atom is -0.299 e. The number of nitrogens with one attached hydrogen (secondary N) is 1. The Labute approximate surface area is 155 Å². The highest BCUT2D eigenvalue weighted by Gasteiger charge is 2.15. The van der Waals surface area contributed by atoms with E-state index in [1.165, 1.54) is 43.0 Å². The van der Waals surface area contributed by atoms with Gasteiger partial charge in [-0.25, -0.2) is 17.5 Å². The summed E-state index contributed by atoms with van der Waals surface area (Å²) in [5.41, 5.74) is 2.46. The van der Waals surface area contributed by atoms with Gasteiger partial charge in [0.1, 0.15) is 5.82 Å². The van der Waals surface area contributed by atoms with Crippen LogP contribution in [-0.2, 0) is 23.1 Å². The molecule has 0 radical (unpaired) electrons. The molecule has 1 aliphatic rings. The van der Waals surface area contributed by atoms with Crippen LogP contribution in [0.3, 0.4) is 0 Å². The third-order valence-corrected chi connectivity index (χ3v) is 6.18. The maximum atomic E-state index is 13.3. The topological polar surface area (TPSA) is 49.4 Å². The van der Waals surface area contributed by atoms with Crippen molar-refractivity contribution in [1.82, 2.24) is 9.62 Å². The van der Waals surface area contributed by atoms with Crippen LogP contribution in [0.2, 0.25) is 0 Å². The van der Waals surface area contributed by atoms with Crippen molar-refractivity contribution >= 4 is 10.0 Å². The fourth-order valence-electron chi connectivity index (χ4n) is 3.18. The van der Waals surface area contributed by atoms with Gasteiger partial charge in [-0.2, -0.15) is 0 Å². The van der Waals surface area contributed by atoms with E-state index in [1.54, 1.807) is 6.92 Å². The molecule has 3 rings (SSSR count). The summed E-state index contributed by atoms with van der Waals surface area (Å²) in [6, 6.07) is 11.8. The molecule has 2 aromatic carbocycles. The van der Waals surface area contributed by atoms with Crippen LogP contribution >= 0.6 is 0 Å². The summed E-state index contributed by atoms with van der Waals surface area (Å²) >= 11 is 0. The summed E-state index contributed by atoms with van der Waals surface area (Å²) in [5, 5.41) is 0. The van der Waals surface area contributed by atoms with Crippen LogP contribution in [0, 0.1) is 12.7 Å². The second-order valence-corrected chi connectivity index (χ2v) is 8.66. The fraction of sp³-hybridized carbons (Fsp3) is 0.400. The molecule has 0 saturated carbocycles. The van der Waals surface area contributed by atoms with Crippen molar-refractivity contribution in [2.24, 2.45) is 0 Å². The number of piperidine rings is 1. The number of halogens is 1. The molecule has 140 valence electrons. The average molecular weight is 376 g/mol. The molecule has 26 heavy (non-hydrogen) atoms. The van der Waals surface area contributed by atoms with Crippen LogP contribution in [0.5, 0.6) is 0 Å². The number of hydrogen-bond donors (Lipinski definition) is 1. The zero-order valence-electron chi connectivity index (χ0n) is 15.0. The molecular weight excluding hydrogens is 351 g/mol. The third-order valence-electron chi connectivity index (χ3n) is 4.78. The van der Waals surface area contributed by atoms with Gasteiger partial charge in [0.15, 0.2) is 0 Å². The molecule has 0 unspecified atom stereocenters. The number of likely N-dealkylation sites (tertiary alicyclic amines) is 1. The van der Waals surface area contributed by atoms with Gasteiger partial charge in [0.05, 0.1) is 4.90 Å². The fourth-order valence-corrected chi connectivity index (χ4v) is 4.29. The van der Waals surface area contributed by atoms with Gasteiger partial charge >= 0.3 is 0 Å². The Morgan fingerprint density at radius 1 is 1.00 bits per heavy atom. The zero-order chi connectivity index (χ0) is 18.6. The highest BCUT2D eigenvalue weighted by atomic mass is 32.2. The van der Waals surface area contributed by atoms with Crippen LogP contribution < -0.4 is 4.72 Å². The van der Waals surface area contributed by atoms with E-state index in [2.05, 4.69) is 21.8 Å². The maximum Gasteiger partial charge on any atom is 0.240 e. The van der Waals surface area contributed by atoms with Crippen molar-refractivity contribution in [3.63, 3.8) is 0 Å². The second kappa shape index (κ2) is 8.29. The number of hydrogen-bond acceptors (Lipinski definition) is 3. The lowest BCUT2D eigenvalue weighted by Crippen LogP contribution is -2.29. The van der Waals surface area contributed by atoms with Crippen LogP contribution in [0.4, 0.5) is 4.39 Å². The lowest BCUT2D eigenvalue weighted by Gasteiger charge is -2.26. The highest BCUT2D eigenvalue weighted by molar-refractivity contribution is 7.89. The van der Waals surface area contributed by atoms with Crippen LogP contribution in [0.1, 0.15) is 36.0 Å². The Morgan fingerprint density at radius 3 is 2.31 bits per heavy atom. The molecule has 0 bridgehead atoms. The molecule has 1 N–H and O–H groups in total. The number of nitrogens with zero attached hydrogens (tertiary/aromatic N) is 1. The first-order valence-electron chi connectivity index (χ1n) is 9.00. The van der Waals surface area contributed by atoms with Gasteiger partial charge < -0.3 is 0 Å². The van der Waals surface area contributed by atoms with Crippen LogP contribution in [-0.4, -0.2) is 26.4 Å². The Balaban J connectivity index is 1.59.